The Hall–Kier alpha value is -3.93. The fourth-order valence-corrected chi connectivity index (χ4v) is 8.41. The summed E-state index contributed by atoms with van der Waals surface area (Å²) < 4.78 is 28.4. The van der Waals surface area contributed by atoms with Crippen LogP contribution in [0, 0.1) is 0 Å². The Kier molecular flexibility index (Phi) is 13.8. The van der Waals surface area contributed by atoms with Crippen molar-refractivity contribution in [2.45, 2.75) is 26.9 Å². The molecule has 2 atom stereocenters. The number of likely N-dealkylation sites (N-methyl/N-ethyl adjacent to an activating group) is 2. The minimum Gasteiger partial charge on any atom is -0.392 e. The molecular formula is C45H58N4O4S. The van der Waals surface area contributed by atoms with E-state index >= 15 is 0 Å². The van der Waals surface area contributed by atoms with Crippen LogP contribution in [0.25, 0.3) is 23.3 Å². The Morgan fingerprint density at radius 1 is 0.574 bits per heavy atom. The standard InChI is InChI=1S/C22H26N2O3S.C21H24N2O.2CH4/c1-23-11-13-24(14-12-23)22-20-9-4-3-7-17(20)15-18(16-27-28(2,25)26)19-8-5-6-10-21(19)22;1-22-10-12-23(13-11-22)21-19-8-3-2-6-16(19)14-17(15-24)18-7-4-5-9-20(18)21;;/h3-10,15,22H,11-14,16H2,1-2H3;2-9,14,21,24H,10-13,15H2,1H3;2*1H4. The molecule has 2 aliphatic carbocycles. The van der Waals surface area contributed by atoms with E-state index in [1.54, 1.807) is 0 Å². The minimum absolute atomic E-state index is 0. The van der Waals surface area contributed by atoms with Gasteiger partial charge in [0, 0.05) is 52.4 Å². The van der Waals surface area contributed by atoms with Crippen molar-refractivity contribution in [3.63, 3.8) is 0 Å². The average molecular weight is 751 g/mol. The lowest BCUT2D eigenvalue weighted by Gasteiger charge is -2.39. The summed E-state index contributed by atoms with van der Waals surface area (Å²) in [6, 6.07) is 34.3. The maximum atomic E-state index is 11.6. The average Bonchev–Trinajstić information content (AvgIpc) is 3.39. The highest BCUT2D eigenvalue weighted by molar-refractivity contribution is 7.86. The van der Waals surface area contributed by atoms with Gasteiger partial charge in [0.2, 0.25) is 0 Å². The van der Waals surface area contributed by atoms with Crippen molar-refractivity contribution >= 4 is 33.4 Å². The normalized spacial score (nSPS) is 20.4. The van der Waals surface area contributed by atoms with Crippen molar-refractivity contribution in [3.8, 4) is 0 Å². The number of fused-ring (bicyclic) bond motifs is 4. The number of piperazine rings is 2. The molecule has 0 amide bonds. The zero-order valence-corrected chi connectivity index (χ0v) is 31.3. The van der Waals surface area contributed by atoms with Crippen LogP contribution in [0.15, 0.2) is 97.1 Å². The molecule has 0 saturated carbocycles. The maximum Gasteiger partial charge on any atom is 0.264 e. The van der Waals surface area contributed by atoms with E-state index in [9.17, 15) is 13.5 Å². The summed E-state index contributed by atoms with van der Waals surface area (Å²) in [5.41, 5.74) is 11.6. The smallest absolute Gasteiger partial charge is 0.264 e. The molecule has 288 valence electrons. The molecule has 0 radical (unpaired) electrons. The number of rotatable bonds is 6. The van der Waals surface area contributed by atoms with Crippen molar-refractivity contribution in [3.05, 3.63) is 142 Å². The quantitative estimate of drug-likeness (QED) is 0.212. The van der Waals surface area contributed by atoms with Crippen LogP contribution in [0.5, 0.6) is 0 Å². The van der Waals surface area contributed by atoms with Crippen LogP contribution in [-0.4, -0.2) is 119 Å². The molecule has 8 rings (SSSR count). The molecule has 54 heavy (non-hydrogen) atoms. The lowest BCUT2D eigenvalue weighted by Crippen LogP contribution is -2.46. The molecule has 4 aliphatic rings. The summed E-state index contributed by atoms with van der Waals surface area (Å²) in [6.07, 6.45) is 5.33. The van der Waals surface area contributed by atoms with E-state index in [4.69, 9.17) is 4.18 Å². The van der Waals surface area contributed by atoms with E-state index in [2.05, 4.69) is 131 Å². The third-order valence-corrected chi connectivity index (χ3v) is 11.4. The SMILES string of the molecule is C.C.CN1CCN(C2c3ccccc3C=C(CO)c3ccccc32)CC1.CN1CCN(C2c3ccccc3C=C(COS(C)(=O)=O)c3ccccc32)CC1. The Bertz CT molecular complexity index is 2050. The molecule has 8 nitrogen and oxygen atoms in total. The molecule has 0 aromatic heterocycles. The van der Waals surface area contributed by atoms with Crippen LogP contribution >= 0.6 is 0 Å². The Morgan fingerprint density at radius 2 is 0.944 bits per heavy atom. The highest BCUT2D eigenvalue weighted by Gasteiger charge is 2.32. The van der Waals surface area contributed by atoms with Crippen molar-refractivity contribution in [1.29, 1.82) is 0 Å². The first kappa shape index (κ1) is 41.2. The van der Waals surface area contributed by atoms with E-state index < -0.39 is 10.1 Å². The highest BCUT2D eigenvalue weighted by atomic mass is 32.2. The van der Waals surface area contributed by atoms with Gasteiger partial charge in [-0.1, -0.05) is 112 Å². The number of hydrogen-bond donors (Lipinski definition) is 1. The van der Waals surface area contributed by atoms with Crippen molar-refractivity contribution < 1.29 is 17.7 Å². The molecule has 2 aliphatic heterocycles. The fourth-order valence-electron chi connectivity index (χ4n) is 8.07. The van der Waals surface area contributed by atoms with Crippen LogP contribution in [0.4, 0.5) is 0 Å². The number of hydrogen-bond acceptors (Lipinski definition) is 8. The zero-order chi connectivity index (χ0) is 36.2. The van der Waals surface area contributed by atoms with Crippen molar-refractivity contribution in [2.75, 3.05) is 85.9 Å². The van der Waals surface area contributed by atoms with Gasteiger partial charge in [-0.25, -0.2) is 0 Å². The summed E-state index contributed by atoms with van der Waals surface area (Å²) in [5, 5.41) is 9.93. The summed E-state index contributed by atoms with van der Waals surface area (Å²) >= 11 is 0. The molecule has 4 aromatic rings. The molecule has 2 unspecified atom stereocenters. The third-order valence-electron chi connectivity index (χ3n) is 10.8. The Labute approximate surface area is 324 Å². The van der Waals surface area contributed by atoms with Gasteiger partial charge < -0.3 is 14.9 Å². The first-order chi connectivity index (χ1) is 25.2. The van der Waals surface area contributed by atoms with Gasteiger partial charge in [-0.2, -0.15) is 8.42 Å². The lowest BCUT2D eigenvalue weighted by atomic mass is 9.91. The van der Waals surface area contributed by atoms with Crippen LogP contribution in [0.2, 0.25) is 0 Å². The number of aliphatic hydroxyl groups excluding tert-OH is 1. The monoisotopic (exact) mass is 750 g/mol. The van der Waals surface area contributed by atoms with Crippen LogP contribution in [-0.2, 0) is 14.3 Å². The Morgan fingerprint density at radius 3 is 1.37 bits per heavy atom. The molecule has 0 bridgehead atoms. The lowest BCUT2D eigenvalue weighted by molar-refractivity contribution is 0.127. The van der Waals surface area contributed by atoms with E-state index in [1.165, 1.54) is 33.4 Å². The van der Waals surface area contributed by atoms with E-state index in [1.807, 2.05) is 12.1 Å². The second-order valence-electron chi connectivity index (χ2n) is 14.4. The predicted molar refractivity (Wildman–Crippen MR) is 225 cm³/mol. The summed E-state index contributed by atoms with van der Waals surface area (Å²) in [4.78, 5) is 9.87. The number of nitrogens with zero attached hydrogens (tertiary/aromatic N) is 4. The summed E-state index contributed by atoms with van der Waals surface area (Å²) in [5.74, 6) is 0. The van der Waals surface area contributed by atoms with Crippen LogP contribution in [0.3, 0.4) is 0 Å². The van der Waals surface area contributed by atoms with Gasteiger partial charge in [0.05, 0.1) is 31.6 Å². The third kappa shape index (κ3) is 9.12. The first-order valence-electron chi connectivity index (χ1n) is 18.3. The molecule has 0 spiro atoms. The van der Waals surface area contributed by atoms with Gasteiger partial charge in [0.25, 0.3) is 10.1 Å². The van der Waals surface area contributed by atoms with Gasteiger partial charge in [-0.3, -0.25) is 14.0 Å². The molecule has 9 heteroatoms. The molecule has 1 N–H and O–H groups in total. The fraction of sp³-hybridized carbons (Fsp3) is 0.378. The number of benzene rings is 4. The first-order valence-corrected chi connectivity index (χ1v) is 20.1. The molecule has 2 heterocycles. The Balaban J connectivity index is 0.000000202. The highest BCUT2D eigenvalue weighted by Crippen LogP contribution is 2.41. The van der Waals surface area contributed by atoms with E-state index in [0.29, 0.717) is 0 Å². The van der Waals surface area contributed by atoms with Crippen LogP contribution < -0.4 is 0 Å². The van der Waals surface area contributed by atoms with Gasteiger partial charge in [0.15, 0.2) is 0 Å². The molecule has 2 saturated heterocycles. The summed E-state index contributed by atoms with van der Waals surface area (Å²) in [7, 11) is 0.841. The maximum absolute atomic E-state index is 11.6. The van der Waals surface area contributed by atoms with E-state index in [0.717, 1.165) is 80.9 Å². The van der Waals surface area contributed by atoms with Crippen LogP contribution in [0.1, 0.15) is 71.4 Å². The van der Waals surface area contributed by atoms with E-state index in [-0.39, 0.29) is 40.2 Å². The minimum atomic E-state index is -3.51. The van der Waals surface area contributed by atoms with Crippen molar-refractivity contribution in [2.24, 2.45) is 0 Å². The topological polar surface area (TPSA) is 76.6 Å². The predicted octanol–water partition coefficient (Wildman–Crippen LogP) is 7.00. The molecule has 2 fully saturated rings. The second-order valence-corrected chi connectivity index (χ2v) is 16.0. The van der Waals surface area contributed by atoms with Crippen molar-refractivity contribution in [1.82, 2.24) is 19.6 Å². The summed E-state index contributed by atoms with van der Waals surface area (Å²) in [6.45, 7) is 8.52. The zero-order valence-electron chi connectivity index (χ0n) is 30.5. The van der Waals surface area contributed by atoms with Gasteiger partial charge in [-0.15, -0.1) is 0 Å². The molecule has 4 aromatic carbocycles. The largest absolute Gasteiger partial charge is 0.392 e. The van der Waals surface area contributed by atoms with Gasteiger partial charge in [0.1, 0.15) is 0 Å². The van der Waals surface area contributed by atoms with Gasteiger partial charge >= 0.3 is 0 Å². The van der Waals surface area contributed by atoms with Gasteiger partial charge in [-0.05, 0) is 81.9 Å². The molecular weight excluding hydrogens is 693 g/mol. The second kappa shape index (κ2) is 18.1. The number of aliphatic hydroxyl groups is 1.